The average molecular weight is 104 g/mol. The molecule has 0 nitrogen and oxygen atoms in total. The van der Waals surface area contributed by atoms with Crippen molar-refractivity contribution < 1.29 is 0 Å². The van der Waals surface area contributed by atoms with E-state index in [2.05, 4.69) is 6.92 Å². The second-order valence-electron chi connectivity index (χ2n) is 1.30. The zero-order chi connectivity index (χ0) is 4.99. The van der Waals surface area contributed by atoms with Crippen LogP contribution in [0.25, 0.3) is 0 Å². The lowest BCUT2D eigenvalue weighted by Gasteiger charge is -1.85. The molecule has 1 radical (unpaired) electrons. The van der Waals surface area contributed by atoms with Gasteiger partial charge in [-0.05, 0) is 12.8 Å². The Morgan fingerprint density at radius 1 is 1.83 bits per heavy atom. The van der Waals surface area contributed by atoms with E-state index in [-0.39, 0.29) is 0 Å². The summed E-state index contributed by atoms with van der Waals surface area (Å²) in [6.45, 7) is 5.63. The zero-order valence-corrected chi connectivity index (χ0v) is 4.57. The first kappa shape index (κ1) is 6.03. The maximum atomic E-state index is 5.18. The highest BCUT2D eigenvalue weighted by Crippen LogP contribution is 1.92. The summed E-state index contributed by atoms with van der Waals surface area (Å²) in [6.07, 6.45) is 1.82. The molecule has 0 aromatic rings. The lowest BCUT2D eigenvalue weighted by atomic mass is 10.2. The minimum atomic E-state index is 0.336. The van der Waals surface area contributed by atoms with Crippen molar-refractivity contribution in [2.24, 2.45) is 5.92 Å². The largest absolute Gasteiger partial charge is 0.0933 e. The van der Waals surface area contributed by atoms with Crippen molar-refractivity contribution in [3.63, 3.8) is 0 Å². The van der Waals surface area contributed by atoms with Crippen LogP contribution in [0.2, 0.25) is 0 Å². The molecule has 35 valence electrons. The van der Waals surface area contributed by atoms with E-state index in [9.17, 15) is 0 Å². The van der Waals surface area contributed by atoms with Crippen LogP contribution < -0.4 is 0 Å². The van der Waals surface area contributed by atoms with Crippen LogP contribution in [0, 0.1) is 12.8 Å². The van der Waals surface area contributed by atoms with Crippen molar-refractivity contribution in [2.75, 3.05) is 0 Å². The van der Waals surface area contributed by atoms with Gasteiger partial charge in [-0.3, -0.25) is 0 Å². The van der Waals surface area contributed by atoms with Crippen LogP contribution in [0.15, 0.2) is 11.6 Å². The van der Waals surface area contributed by atoms with Gasteiger partial charge >= 0.3 is 0 Å². The second-order valence-corrected chi connectivity index (χ2v) is 1.55. The van der Waals surface area contributed by atoms with Crippen molar-refractivity contribution >= 4 is 11.6 Å². The molecule has 0 aliphatic heterocycles. The molecule has 0 aliphatic rings. The summed E-state index contributed by atoms with van der Waals surface area (Å²) in [5, 5.41) is 0. The quantitative estimate of drug-likeness (QED) is 0.477. The molecule has 6 heavy (non-hydrogen) atoms. The van der Waals surface area contributed by atoms with Gasteiger partial charge in [-0.15, -0.1) is 0 Å². The van der Waals surface area contributed by atoms with Crippen molar-refractivity contribution in [2.45, 2.75) is 6.92 Å². The highest BCUT2D eigenvalue weighted by Gasteiger charge is 1.77. The molecule has 0 fully saturated rings. The molecule has 1 unspecified atom stereocenters. The Morgan fingerprint density at radius 2 is 2.33 bits per heavy atom. The highest BCUT2D eigenvalue weighted by molar-refractivity contribution is 6.25. The topological polar surface area (TPSA) is 0 Å². The number of hydrogen-bond acceptors (Lipinski definition) is 0. The molecule has 0 bridgehead atoms. The van der Waals surface area contributed by atoms with Crippen LogP contribution in [0.3, 0.4) is 0 Å². The number of hydrogen-bond donors (Lipinski definition) is 0. The van der Waals surface area contributed by atoms with Gasteiger partial charge < -0.3 is 0 Å². The molecule has 0 rings (SSSR count). The SMILES string of the molecule is [CH2]C(C)C=CCl. The summed E-state index contributed by atoms with van der Waals surface area (Å²) in [5.74, 6) is 0.336. The third-order valence-electron chi connectivity index (χ3n) is 0.401. The summed E-state index contributed by atoms with van der Waals surface area (Å²) in [4.78, 5) is 0. The van der Waals surface area contributed by atoms with Crippen LogP contribution in [0.5, 0.6) is 0 Å². The van der Waals surface area contributed by atoms with Gasteiger partial charge in [0.05, 0.1) is 0 Å². The van der Waals surface area contributed by atoms with E-state index < -0.39 is 0 Å². The molecule has 0 spiro atoms. The molecule has 0 heterocycles. The normalized spacial score (nSPS) is 11.3. The van der Waals surface area contributed by atoms with Gasteiger partial charge in [-0.1, -0.05) is 24.6 Å². The summed E-state index contributed by atoms with van der Waals surface area (Å²) >= 11 is 5.18. The van der Waals surface area contributed by atoms with Gasteiger partial charge in [-0.2, -0.15) is 0 Å². The van der Waals surface area contributed by atoms with Gasteiger partial charge in [0, 0.05) is 5.54 Å². The molecular weight excluding hydrogens is 95.5 g/mol. The first-order chi connectivity index (χ1) is 2.77. The van der Waals surface area contributed by atoms with Gasteiger partial charge in [-0.25, -0.2) is 0 Å². The summed E-state index contributed by atoms with van der Waals surface area (Å²) in [6, 6.07) is 0. The zero-order valence-electron chi connectivity index (χ0n) is 3.82. The Kier molecular flexibility index (Phi) is 3.24. The van der Waals surface area contributed by atoms with Gasteiger partial charge in [0.2, 0.25) is 0 Å². The molecule has 0 aromatic carbocycles. The maximum absolute atomic E-state index is 5.18. The van der Waals surface area contributed by atoms with E-state index in [1.807, 2.05) is 13.0 Å². The monoisotopic (exact) mass is 103 g/mol. The average Bonchev–Trinajstić information content (AvgIpc) is 1.35. The van der Waals surface area contributed by atoms with Crippen LogP contribution in [-0.2, 0) is 0 Å². The minimum absolute atomic E-state index is 0.336. The maximum Gasteiger partial charge on any atom is 0.000514 e. The van der Waals surface area contributed by atoms with E-state index in [1.165, 1.54) is 5.54 Å². The van der Waals surface area contributed by atoms with Crippen molar-refractivity contribution in [3.8, 4) is 0 Å². The molecule has 1 heteroatoms. The Labute approximate surface area is 43.8 Å². The Balaban J connectivity index is 3.03. The van der Waals surface area contributed by atoms with Crippen molar-refractivity contribution in [3.05, 3.63) is 18.5 Å². The molecule has 0 aromatic heterocycles. The predicted molar refractivity (Wildman–Crippen MR) is 29.5 cm³/mol. The smallest absolute Gasteiger partial charge is 0.000514 e. The van der Waals surface area contributed by atoms with Gasteiger partial charge in [0.25, 0.3) is 0 Å². The number of halogens is 1. The fourth-order valence-electron chi connectivity index (χ4n) is 0.124. The second kappa shape index (κ2) is 3.23. The van der Waals surface area contributed by atoms with Crippen LogP contribution in [0.4, 0.5) is 0 Å². The van der Waals surface area contributed by atoms with Gasteiger partial charge in [0.1, 0.15) is 0 Å². The Bertz CT molecular complexity index is 45.9. The van der Waals surface area contributed by atoms with E-state index in [1.54, 1.807) is 0 Å². The van der Waals surface area contributed by atoms with E-state index >= 15 is 0 Å². The van der Waals surface area contributed by atoms with Crippen LogP contribution in [0.1, 0.15) is 6.92 Å². The van der Waals surface area contributed by atoms with Crippen molar-refractivity contribution in [1.29, 1.82) is 0 Å². The number of rotatable bonds is 1. The highest BCUT2D eigenvalue weighted by atomic mass is 35.5. The molecular formula is C5H8Cl. The molecule has 0 amide bonds. The summed E-state index contributed by atoms with van der Waals surface area (Å²) in [5.41, 5.74) is 1.48. The summed E-state index contributed by atoms with van der Waals surface area (Å²) < 4.78 is 0. The van der Waals surface area contributed by atoms with Crippen molar-refractivity contribution in [1.82, 2.24) is 0 Å². The van der Waals surface area contributed by atoms with E-state index in [0.717, 1.165) is 0 Å². The Hall–Kier alpha value is 0.0300. The predicted octanol–water partition coefficient (Wildman–Crippen LogP) is 2.21. The van der Waals surface area contributed by atoms with Gasteiger partial charge in [0.15, 0.2) is 0 Å². The molecule has 0 N–H and O–H groups in total. The molecule has 1 atom stereocenters. The lowest BCUT2D eigenvalue weighted by Crippen LogP contribution is -1.73. The van der Waals surface area contributed by atoms with E-state index in [0.29, 0.717) is 5.92 Å². The first-order valence-corrected chi connectivity index (χ1v) is 2.31. The molecule has 0 saturated carbocycles. The number of allylic oxidation sites excluding steroid dienone is 1. The fraction of sp³-hybridized carbons (Fsp3) is 0.400. The molecule has 0 aliphatic carbocycles. The van der Waals surface area contributed by atoms with Crippen LogP contribution in [-0.4, -0.2) is 0 Å². The first-order valence-electron chi connectivity index (χ1n) is 1.87. The summed E-state index contributed by atoms with van der Waals surface area (Å²) in [7, 11) is 0. The van der Waals surface area contributed by atoms with Crippen LogP contribution >= 0.6 is 11.6 Å². The van der Waals surface area contributed by atoms with E-state index in [4.69, 9.17) is 11.6 Å². The third kappa shape index (κ3) is 4.03. The Morgan fingerprint density at radius 3 is 2.33 bits per heavy atom. The lowest BCUT2D eigenvalue weighted by molar-refractivity contribution is 0.938. The fourth-order valence-corrected chi connectivity index (χ4v) is 0.373. The molecule has 0 saturated heterocycles. The standard InChI is InChI=1S/C5H8Cl/c1-5(2)3-4-6/h3-5H,1H2,2H3. The minimum Gasteiger partial charge on any atom is -0.0933 e. The third-order valence-corrected chi connectivity index (χ3v) is 0.547.